The van der Waals surface area contributed by atoms with Gasteiger partial charge in [-0.3, -0.25) is 9.59 Å². The molecule has 2 aromatic heterocycles. The number of hydrogen-bond donors (Lipinski definition) is 3. The van der Waals surface area contributed by atoms with E-state index in [0.717, 1.165) is 22.0 Å². The molecular weight excluding hydrogens is 527 g/mol. The maximum absolute atomic E-state index is 14.3. The van der Waals surface area contributed by atoms with Gasteiger partial charge >= 0.3 is 11.7 Å². The fourth-order valence-electron chi connectivity index (χ4n) is 3.71. The van der Waals surface area contributed by atoms with E-state index >= 15 is 0 Å². The highest BCUT2D eigenvalue weighted by molar-refractivity contribution is 7.16. The Hall–Kier alpha value is -4.16. The Bertz CT molecular complexity index is 1650. The molecule has 10 nitrogen and oxygen atoms in total. The van der Waals surface area contributed by atoms with Crippen molar-refractivity contribution in [3.63, 3.8) is 0 Å². The van der Waals surface area contributed by atoms with Crippen molar-refractivity contribution in [1.29, 1.82) is 0 Å². The quantitative estimate of drug-likeness (QED) is 0.303. The summed E-state index contributed by atoms with van der Waals surface area (Å²) in [6, 6.07) is 8.42. The molecule has 0 aliphatic rings. The van der Waals surface area contributed by atoms with Crippen molar-refractivity contribution in [2.75, 3.05) is 26.6 Å². The number of benzene rings is 2. The second kappa shape index (κ2) is 10.4. The highest BCUT2D eigenvalue weighted by Gasteiger charge is 2.26. The fourth-order valence-corrected chi connectivity index (χ4v) is 4.81. The van der Waals surface area contributed by atoms with E-state index in [-0.39, 0.29) is 33.6 Å². The number of methoxy groups -OCH3 is 2. The van der Waals surface area contributed by atoms with E-state index in [0.29, 0.717) is 9.21 Å². The summed E-state index contributed by atoms with van der Waals surface area (Å²) in [5, 5.41) is 5.17. The lowest BCUT2D eigenvalue weighted by Gasteiger charge is -2.16. The molecule has 0 fully saturated rings. The Balaban J connectivity index is 1.75. The first-order chi connectivity index (χ1) is 17.7. The van der Waals surface area contributed by atoms with E-state index in [9.17, 15) is 23.6 Å². The fraction of sp³-hybridized carbons (Fsp3) is 0.167. The average molecular weight is 547 g/mol. The van der Waals surface area contributed by atoms with E-state index in [2.05, 4.69) is 15.6 Å². The normalized spacial score (nSPS) is 11.7. The first-order valence-corrected chi connectivity index (χ1v) is 11.9. The van der Waals surface area contributed by atoms with Gasteiger partial charge in [0, 0.05) is 17.5 Å². The van der Waals surface area contributed by atoms with Crippen molar-refractivity contribution in [3.05, 3.63) is 83.9 Å². The molecule has 2 heterocycles. The molecule has 192 valence electrons. The molecule has 0 radical (unpaired) electrons. The highest BCUT2D eigenvalue weighted by atomic mass is 35.5. The molecule has 1 amide bonds. The number of nitrogens with zero attached hydrogens (tertiary/aromatic N) is 1. The Morgan fingerprint density at radius 1 is 1.14 bits per heavy atom. The number of thiophene rings is 1. The smallest absolute Gasteiger partial charge is 0.333 e. The SMILES string of the molecule is CNc1cc2[nH]c(=O)n(-c3ccc(C(=O)NC(C(=O)OC)c4ccc(Cl)s4)cc3OC)c(=O)c2cc1F. The van der Waals surface area contributed by atoms with Crippen LogP contribution < -0.4 is 26.6 Å². The van der Waals surface area contributed by atoms with Gasteiger partial charge in [0.1, 0.15) is 11.6 Å². The lowest BCUT2D eigenvalue weighted by Crippen LogP contribution is -2.35. The number of anilines is 1. The van der Waals surface area contributed by atoms with Crippen molar-refractivity contribution in [2.45, 2.75) is 6.04 Å². The number of aromatic nitrogens is 2. The predicted molar refractivity (Wildman–Crippen MR) is 138 cm³/mol. The van der Waals surface area contributed by atoms with E-state index < -0.39 is 35.0 Å². The molecule has 0 saturated carbocycles. The summed E-state index contributed by atoms with van der Waals surface area (Å²) in [5.74, 6) is -2.00. The van der Waals surface area contributed by atoms with Crippen LogP contribution in [0.25, 0.3) is 16.6 Å². The van der Waals surface area contributed by atoms with Crippen LogP contribution in [-0.4, -0.2) is 42.7 Å². The third-order valence-electron chi connectivity index (χ3n) is 5.53. The van der Waals surface area contributed by atoms with Crippen LogP contribution in [0, 0.1) is 5.82 Å². The first kappa shape index (κ1) is 25.9. The number of H-pyrrole nitrogens is 1. The molecule has 3 N–H and O–H groups in total. The molecule has 0 spiro atoms. The van der Waals surface area contributed by atoms with Crippen LogP contribution in [0.15, 0.2) is 52.1 Å². The Labute approximate surface area is 217 Å². The van der Waals surface area contributed by atoms with Crippen LogP contribution in [-0.2, 0) is 9.53 Å². The Kier molecular flexibility index (Phi) is 7.32. The molecule has 1 atom stereocenters. The highest BCUT2D eigenvalue weighted by Crippen LogP contribution is 2.29. The number of nitrogens with one attached hydrogen (secondary N) is 3. The first-order valence-electron chi connectivity index (χ1n) is 10.7. The summed E-state index contributed by atoms with van der Waals surface area (Å²) >= 11 is 7.07. The van der Waals surface area contributed by atoms with Gasteiger partial charge in [0.05, 0.1) is 40.8 Å². The van der Waals surface area contributed by atoms with Crippen LogP contribution in [0.1, 0.15) is 21.3 Å². The van der Waals surface area contributed by atoms with Crippen LogP contribution in [0.3, 0.4) is 0 Å². The molecule has 4 rings (SSSR count). The van der Waals surface area contributed by atoms with E-state index in [4.69, 9.17) is 21.1 Å². The zero-order valence-electron chi connectivity index (χ0n) is 19.7. The molecule has 13 heteroatoms. The van der Waals surface area contributed by atoms with Gasteiger partial charge in [-0.2, -0.15) is 0 Å². The van der Waals surface area contributed by atoms with E-state index in [1.165, 1.54) is 45.5 Å². The number of ether oxygens (including phenoxy) is 2. The Morgan fingerprint density at radius 2 is 1.89 bits per heavy atom. The van der Waals surface area contributed by atoms with E-state index in [1.54, 1.807) is 12.1 Å². The lowest BCUT2D eigenvalue weighted by molar-refractivity contribution is -0.143. The second-order valence-electron chi connectivity index (χ2n) is 7.66. The zero-order chi connectivity index (χ0) is 26.9. The molecule has 0 saturated heterocycles. The monoisotopic (exact) mass is 546 g/mol. The lowest BCUT2D eigenvalue weighted by atomic mass is 10.1. The van der Waals surface area contributed by atoms with Crippen molar-refractivity contribution in [1.82, 2.24) is 14.9 Å². The standard InChI is InChI=1S/C24H20ClFN4O6S/c1-27-15-10-14-12(9-13(15)26)22(32)30(24(34)28-14)16-5-4-11(8-17(16)35-2)21(31)29-20(23(33)36-3)18-6-7-19(25)37-18/h4-10,20,27H,1-3H3,(H,28,34)(H,29,31). The number of carbonyl (C=O) groups excluding carboxylic acids is 2. The summed E-state index contributed by atoms with van der Waals surface area (Å²) in [6.07, 6.45) is 0. The number of aromatic amines is 1. The van der Waals surface area contributed by atoms with E-state index in [1.807, 2.05) is 0 Å². The number of rotatable bonds is 7. The number of hydrogen-bond acceptors (Lipinski definition) is 8. The van der Waals surface area contributed by atoms with Gasteiger partial charge in [-0.1, -0.05) is 11.6 Å². The molecular formula is C24H20ClFN4O6S. The molecule has 0 aliphatic carbocycles. The van der Waals surface area contributed by atoms with Crippen LogP contribution >= 0.6 is 22.9 Å². The molecule has 0 aliphatic heterocycles. The number of halogens is 2. The summed E-state index contributed by atoms with van der Waals surface area (Å²) in [6.45, 7) is 0. The third kappa shape index (κ3) is 4.93. The predicted octanol–water partition coefficient (Wildman–Crippen LogP) is 3.23. The van der Waals surface area contributed by atoms with Gasteiger partial charge in [0.15, 0.2) is 6.04 Å². The minimum absolute atomic E-state index is 0.0145. The van der Waals surface area contributed by atoms with Crippen LogP contribution in [0.5, 0.6) is 5.75 Å². The third-order valence-corrected chi connectivity index (χ3v) is 6.82. The molecule has 37 heavy (non-hydrogen) atoms. The van der Waals surface area contributed by atoms with Crippen molar-refractivity contribution in [3.8, 4) is 11.4 Å². The topological polar surface area (TPSA) is 132 Å². The summed E-state index contributed by atoms with van der Waals surface area (Å²) < 4.78 is 25.7. The number of carbonyl (C=O) groups is 2. The van der Waals surface area contributed by atoms with Gasteiger partial charge in [0.2, 0.25) is 0 Å². The number of esters is 1. The molecule has 1 unspecified atom stereocenters. The van der Waals surface area contributed by atoms with Gasteiger partial charge in [-0.15, -0.1) is 11.3 Å². The van der Waals surface area contributed by atoms with Gasteiger partial charge < -0.3 is 25.1 Å². The van der Waals surface area contributed by atoms with Gasteiger partial charge in [0.25, 0.3) is 11.5 Å². The maximum Gasteiger partial charge on any atom is 0.333 e. The van der Waals surface area contributed by atoms with Crippen molar-refractivity contribution < 1.29 is 23.5 Å². The summed E-state index contributed by atoms with van der Waals surface area (Å²) in [4.78, 5) is 54.3. The zero-order valence-corrected chi connectivity index (χ0v) is 21.3. The van der Waals surface area contributed by atoms with Crippen molar-refractivity contribution >= 4 is 51.4 Å². The molecule has 2 aromatic carbocycles. The van der Waals surface area contributed by atoms with Gasteiger partial charge in [-0.25, -0.2) is 18.5 Å². The Morgan fingerprint density at radius 3 is 2.51 bits per heavy atom. The minimum Gasteiger partial charge on any atom is -0.495 e. The van der Waals surface area contributed by atoms with Crippen molar-refractivity contribution in [2.24, 2.45) is 0 Å². The second-order valence-corrected chi connectivity index (χ2v) is 9.40. The summed E-state index contributed by atoms with van der Waals surface area (Å²) in [7, 11) is 4.00. The average Bonchev–Trinajstić information content (AvgIpc) is 3.32. The largest absolute Gasteiger partial charge is 0.495 e. The van der Waals surface area contributed by atoms with Gasteiger partial charge in [-0.05, 0) is 42.5 Å². The minimum atomic E-state index is -1.11. The molecule has 4 aromatic rings. The molecule has 0 bridgehead atoms. The van der Waals surface area contributed by atoms with Crippen LogP contribution in [0.2, 0.25) is 4.34 Å². The maximum atomic E-state index is 14.3. The number of fused-ring (bicyclic) bond motifs is 1. The summed E-state index contributed by atoms with van der Waals surface area (Å²) in [5.41, 5.74) is -1.21. The number of amides is 1. The van der Waals surface area contributed by atoms with Crippen LogP contribution in [0.4, 0.5) is 10.1 Å².